The maximum absolute atomic E-state index is 11.4. The van der Waals surface area contributed by atoms with E-state index in [0.29, 0.717) is 30.5 Å². The Bertz CT molecular complexity index is 1280. The van der Waals surface area contributed by atoms with Crippen LogP contribution in [-0.4, -0.2) is 41.9 Å². The predicted octanol–water partition coefficient (Wildman–Crippen LogP) is 3.43. The van der Waals surface area contributed by atoms with Gasteiger partial charge in [-0.1, -0.05) is 13.8 Å². The third kappa shape index (κ3) is 4.27. The molecule has 1 amide bonds. The second-order valence-corrected chi connectivity index (χ2v) is 8.37. The predicted molar refractivity (Wildman–Crippen MR) is 121 cm³/mol. The van der Waals surface area contributed by atoms with E-state index >= 15 is 0 Å². The first kappa shape index (κ1) is 20.0. The first-order valence-corrected chi connectivity index (χ1v) is 10.7. The molecule has 0 spiro atoms. The van der Waals surface area contributed by atoms with Gasteiger partial charge < -0.3 is 10.6 Å². The van der Waals surface area contributed by atoms with Crippen LogP contribution in [0, 0.1) is 0 Å². The Balaban J connectivity index is 1.37. The minimum absolute atomic E-state index is 0.110. The normalized spacial score (nSPS) is 16.0. The zero-order chi connectivity index (χ0) is 22.1. The Hall–Kier alpha value is -3.88. The van der Waals surface area contributed by atoms with Gasteiger partial charge in [-0.2, -0.15) is 10.2 Å². The number of anilines is 2. The van der Waals surface area contributed by atoms with Crippen LogP contribution < -0.4 is 10.6 Å². The Morgan fingerprint density at radius 2 is 2.03 bits per heavy atom. The third-order valence-electron chi connectivity index (χ3n) is 5.59. The van der Waals surface area contributed by atoms with Crippen molar-refractivity contribution in [2.75, 3.05) is 5.32 Å². The van der Waals surface area contributed by atoms with Gasteiger partial charge in [-0.05, 0) is 42.2 Å². The molecule has 9 nitrogen and oxygen atoms in total. The van der Waals surface area contributed by atoms with E-state index in [2.05, 4.69) is 44.8 Å². The summed E-state index contributed by atoms with van der Waals surface area (Å²) in [5, 5.41) is 18.9. The Kier molecular flexibility index (Phi) is 5.22. The lowest BCUT2D eigenvalue weighted by Crippen LogP contribution is -2.29. The maximum atomic E-state index is 11.4. The molecule has 1 saturated heterocycles. The molecule has 2 N–H and O–H groups in total. The molecule has 32 heavy (non-hydrogen) atoms. The molecule has 9 heteroatoms. The van der Waals surface area contributed by atoms with Crippen molar-refractivity contribution in [1.29, 1.82) is 0 Å². The SMILES string of the molecule is CC(C)c1cnnc(Nc2ccc3ncc(-c4cnn(C[C@H]5CCC(=O)N5)c4)cc3n2)c1. The topological polar surface area (TPSA) is 111 Å². The average Bonchev–Trinajstić information content (AvgIpc) is 3.42. The Morgan fingerprint density at radius 3 is 2.84 bits per heavy atom. The molecular formula is C23H24N8O. The minimum atomic E-state index is 0.110. The monoisotopic (exact) mass is 428 g/mol. The highest BCUT2D eigenvalue weighted by molar-refractivity contribution is 5.81. The van der Waals surface area contributed by atoms with E-state index in [1.165, 1.54) is 0 Å². The number of rotatable bonds is 6. The fourth-order valence-electron chi connectivity index (χ4n) is 3.78. The van der Waals surface area contributed by atoms with Crippen LogP contribution in [0.1, 0.15) is 38.2 Å². The fourth-order valence-corrected chi connectivity index (χ4v) is 3.78. The molecule has 162 valence electrons. The molecule has 5 heterocycles. The first-order chi connectivity index (χ1) is 15.5. The molecule has 1 fully saturated rings. The van der Waals surface area contributed by atoms with Gasteiger partial charge in [0.2, 0.25) is 5.91 Å². The highest BCUT2D eigenvalue weighted by atomic mass is 16.1. The summed E-state index contributed by atoms with van der Waals surface area (Å²) in [6.07, 6.45) is 8.82. The lowest BCUT2D eigenvalue weighted by Gasteiger charge is -2.09. The van der Waals surface area contributed by atoms with Gasteiger partial charge in [0.15, 0.2) is 5.82 Å². The molecular weight excluding hydrogens is 404 g/mol. The standard InChI is InChI=1S/C23H24N8O/c1-14(2)15-8-22(30-25-10-15)29-21-5-4-19-20(28-21)7-16(9-24-19)17-11-26-31(12-17)13-18-3-6-23(32)27-18/h4-5,7-12,14,18H,3,6,13H2,1-2H3,(H,27,32)(H,28,29,30)/t18-/m1/s1. The van der Waals surface area contributed by atoms with Crippen LogP contribution in [-0.2, 0) is 11.3 Å². The van der Waals surface area contributed by atoms with Gasteiger partial charge >= 0.3 is 0 Å². The van der Waals surface area contributed by atoms with E-state index in [9.17, 15) is 4.79 Å². The van der Waals surface area contributed by atoms with E-state index in [1.54, 1.807) is 6.20 Å². The molecule has 0 bridgehead atoms. The second-order valence-electron chi connectivity index (χ2n) is 8.37. The van der Waals surface area contributed by atoms with Gasteiger partial charge in [0.05, 0.1) is 30.0 Å². The maximum Gasteiger partial charge on any atom is 0.220 e. The van der Waals surface area contributed by atoms with Crippen molar-refractivity contribution >= 4 is 28.6 Å². The molecule has 1 aliphatic heterocycles. The molecule has 0 unspecified atom stereocenters. The number of hydrogen-bond donors (Lipinski definition) is 2. The van der Waals surface area contributed by atoms with Crippen molar-refractivity contribution in [3.8, 4) is 11.1 Å². The van der Waals surface area contributed by atoms with Crippen LogP contribution in [0.15, 0.2) is 49.1 Å². The van der Waals surface area contributed by atoms with Crippen LogP contribution in [0.3, 0.4) is 0 Å². The number of amides is 1. The van der Waals surface area contributed by atoms with E-state index in [4.69, 9.17) is 4.98 Å². The highest BCUT2D eigenvalue weighted by Gasteiger charge is 2.21. The second kappa shape index (κ2) is 8.33. The quantitative estimate of drug-likeness (QED) is 0.484. The molecule has 0 radical (unpaired) electrons. The van der Waals surface area contributed by atoms with E-state index in [0.717, 1.165) is 34.1 Å². The molecule has 1 aliphatic rings. The van der Waals surface area contributed by atoms with Crippen LogP contribution in [0.25, 0.3) is 22.2 Å². The Morgan fingerprint density at radius 1 is 1.12 bits per heavy atom. The molecule has 5 rings (SSSR count). The molecule has 0 aromatic carbocycles. The van der Waals surface area contributed by atoms with Crippen molar-refractivity contribution in [3.05, 3.63) is 54.6 Å². The van der Waals surface area contributed by atoms with Gasteiger partial charge in [-0.3, -0.25) is 14.5 Å². The number of hydrogen-bond acceptors (Lipinski definition) is 7. The van der Waals surface area contributed by atoms with E-state index < -0.39 is 0 Å². The van der Waals surface area contributed by atoms with Crippen molar-refractivity contribution in [2.45, 2.75) is 45.2 Å². The zero-order valence-corrected chi connectivity index (χ0v) is 18.0. The van der Waals surface area contributed by atoms with E-state index in [-0.39, 0.29) is 11.9 Å². The zero-order valence-electron chi connectivity index (χ0n) is 18.0. The van der Waals surface area contributed by atoms with Crippen LogP contribution in [0.4, 0.5) is 11.6 Å². The van der Waals surface area contributed by atoms with Crippen LogP contribution in [0.2, 0.25) is 0 Å². The molecule has 1 atom stereocenters. The smallest absolute Gasteiger partial charge is 0.220 e. The van der Waals surface area contributed by atoms with Crippen LogP contribution >= 0.6 is 0 Å². The van der Waals surface area contributed by atoms with E-state index in [1.807, 2.05) is 47.5 Å². The van der Waals surface area contributed by atoms with Crippen molar-refractivity contribution in [3.63, 3.8) is 0 Å². The molecule has 4 aromatic heterocycles. The van der Waals surface area contributed by atoms with Gasteiger partial charge in [0.1, 0.15) is 5.82 Å². The number of pyridine rings is 2. The van der Waals surface area contributed by atoms with Crippen molar-refractivity contribution in [2.24, 2.45) is 0 Å². The number of fused-ring (bicyclic) bond motifs is 1. The number of carbonyl (C=O) groups excluding carboxylic acids is 1. The number of nitrogens with one attached hydrogen (secondary N) is 2. The first-order valence-electron chi connectivity index (χ1n) is 10.7. The molecule has 0 aliphatic carbocycles. The summed E-state index contributed by atoms with van der Waals surface area (Å²) in [6, 6.07) is 7.94. The highest BCUT2D eigenvalue weighted by Crippen LogP contribution is 2.24. The van der Waals surface area contributed by atoms with Gasteiger partial charge in [0.25, 0.3) is 0 Å². The summed E-state index contributed by atoms with van der Waals surface area (Å²) in [5.41, 5.74) is 4.59. The largest absolute Gasteiger partial charge is 0.351 e. The third-order valence-corrected chi connectivity index (χ3v) is 5.59. The summed E-state index contributed by atoms with van der Waals surface area (Å²) in [6.45, 7) is 4.90. The summed E-state index contributed by atoms with van der Waals surface area (Å²) in [7, 11) is 0. The number of carbonyl (C=O) groups is 1. The number of aromatic nitrogens is 6. The molecule has 4 aromatic rings. The fraction of sp³-hybridized carbons (Fsp3) is 0.304. The summed E-state index contributed by atoms with van der Waals surface area (Å²) < 4.78 is 1.86. The van der Waals surface area contributed by atoms with Gasteiger partial charge in [-0.25, -0.2) is 4.98 Å². The van der Waals surface area contributed by atoms with Crippen molar-refractivity contribution < 1.29 is 4.79 Å². The molecule has 0 saturated carbocycles. The van der Waals surface area contributed by atoms with Crippen molar-refractivity contribution in [1.82, 2.24) is 35.3 Å². The summed E-state index contributed by atoms with van der Waals surface area (Å²) in [4.78, 5) is 20.7. The van der Waals surface area contributed by atoms with Gasteiger partial charge in [-0.15, -0.1) is 5.10 Å². The van der Waals surface area contributed by atoms with Gasteiger partial charge in [0, 0.05) is 36.0 Å². The Labute approximate surface area is 185 Å². The lowest BCUT2D eigenvalue weighted by atomic mass is 10.1. The minimum Gasteiger partial charge on any atom is -0.351 e. The average molecular weight is 429 g/mol. The summed E-state index contributed by atoms with van der Waals surface area (Å²) in [5.74, 6) is 1.82. The summed E-state index contributed by atoms with van der Waals surface area (Å²) >= 11 is 0. The lowest BCUT2D eigenvalue weighted by molar-refractivity contribution is -0.119. The number of nitrogens with zero attached hydrogens (tertiary/aromatic N) is 6. The van der Waals surface area contributed by atoms with Crippen LogP contribution in [0.5, 0.6) is 0 Å².